The summed E-state index contributed by atoms with van der Waals surface area (Å²) in [6.07, 6.45) is 9.52. The minimum Gasteiger partial charge on any atom is -0.364 e. The topological polar surface area (TPSA) is 81.2 Å². The first-order valence-corrected chi connectivity index (χ1v) is 11.4. The van der Waals surface area contributed by atoms with Crippen molar-refractivity contribution in [1.29, 1.82) is 0 Å². The Bertz CT molecular complexity index is 946. The molecule has 158 valence electrons. The molecule has 0 unspecified atom stereocenters. The zero-order chi connectivity index (χ0) is 20.7. The Labute approximate surface area is 177 Å². The van der Waals surface area contributed by atoms with Crippen molar-refractivity contribution in [3.63, 3.8) is 0 Å². The van der Waals surface area contributed by atoms with E-state index in [2.05, 4.69) is 14.5 Å². The molecule has 2 amide bonds. The number of hydrogen-bond donors (Lipinski definition) is 1. The van der Waals surface area contributed by atoms with E-state index >= 15 is 0 Å². The van der Waals surface area contributed by atoms with Crippen LogP contribution >= 0.6 is 0 Å². The zero-order valence-electron chi connectivity index (χ0n) is 17.4. The molecular formula is C24H30N4O2. The lowest BCUT2D eigenvalue weighted by Gasteiger charge is -2.31. The highest BCUT2D eigenvalue weighted by Crippen LogP contribution is 2.37. The van der Waals surface area contributed by atoms with Crippen LogP contribution in [0.2, 0.25) is 0 Å². The molecule has 0 spiro atoms. The molecule has 6 nitrogen and oxygen atoms in total. The van der Waals surface area contributed by atoms with Gasteiger partial charge in [-0.15, -0.1) is 0 Å². The largest absolute Gasteiger partial charge is 0.364 e. The number of carbonyl (C=O) groups is 2. The third kappa shape index (κ3) is 3.42. The number of primary amides is 1. The van der Waals surface area contributed by atoms with Crippen molar-refractivity contribution in [2.45, 2.75) is 76.4 Å². The highest BCUT2D eigenvalue weighted by molar-refractivity contribution is 5.93. The summed E-state index contributed by atoms with van der Waals surface area (Å²) in [7, 11) is 0. The number of nitrogens with two attached hydrogens (primary N) is 1. The number of fused-ring (bicyclic) bond motifs is 3. The SMILES string of the molecule is NC(=O)c1nc(-c2ccccc2)n2c1C[C@@H]1CC[C@H](C2)N1C(=O)CC1CCCCC1. The van der Waals surface area contributed by atoms with Gasteiger partial charge in [0, 0.05) is 31.0 Å². The highest BCUT2D eigenvalue weighted by Gasteiger charge is 2.42. The molecular weight excluding hydrogens is 376 g/mol. The summed E-state index contributed by atoms with van der Waals surface area (Å²) in [4.78, 5) is 32.3. The third-order valence-electron chi connectivity index (χ3n) is 7.26. The van der Waals surface area contributed by atoms with Gasteiger partial charge in [0.15, 0.2) is 0 Å². The molecule has 2 bridgehead atoms. The Kier molecular flexibility index (Phi) is 5.09. The summed E-state index contributed by atoms with van der Waals surface area (Å²) in [6, 6.07) is 10.3. The second-order valence-electron chi connectivity index (χ2n) is 9.17. The van der Waals surface area contributed by atoms with E-state index in [0.29, 0.717) is 36.9 Å². The number of nitrogens with zero attached hydrogens (tertiary/aromatic N) is 3. The summed E-state index contributed by atoms with van der Waals surface area (Å²) in [5, 5.41) is 0. The minimum atomic E-state index is -0.487. The lowest BCUT2D eigenvalue weighted by atomic mass is 9.86. The molecule has 2 fully saturated rings. The number of hydrogen-bond acceptors (Lipinski definition) is 3. The lowest BCUT2D eigenvalue weighted by Crippen LogP contribution is -2.43. The van der Waals surface area contributed by atoms with E-state index in [0.717, 1.165) is 29.9 Å². The summed E-state index contributed by atoms with van der Waals surface area (Å²) < 4.78 is 2.15. The van der Waals surface area contributed by atoms with E-state index in [4.69, 9.17) is 5.73 Å². The van der Waals surface area contributed by atoms with Crippen molar-refractivity contribution in [2.24, 2.45) is 11.7 Å². The Morgan fingerprint density at radius 1 is 1.00 bits per heavy atom. The highest BCUT2D eigenvalue weighted by atomic mass is 16.2. The van der Waals surface area contributed by atoms with Gasteiger partial charge in [-0.05, 0) is 31.6 Å². The average Bonchev–Trinajstić information content (AvgIpc) is 3.26. The van der Waals surface area contributed by atoms with E-state index in [1.54, 1.807) is 0 Å². The number of imidazole rings is 1. The van der Waals surface area contributed by atoms with Gasteiger partial charge in [0.25, 0.3) is 5.91 Å². The van der Waals surface area contributed by atoms with Crippen molar-refractivity contribution >= 4 is 11.8 Å². The Hall–Kier alpha value is -2.63. The van der Waals surface area contributed by atoms with Crippen molar-refractivity contribution in [3.05, 3.63) is 41.7 Å². The monoisotopic (exact) mass is 406 g/mol. The van der Waals surface area contributed by atoms with Gasteiger partial charge in [-0.3, -0.25) is 9.59 Å². The van der Waals surface area contributed by atoms with Crippen molar-refractivity contribution in [1.82, 2.24) is 14.5 Å². The molecule has 6 heteroatoms. The Balaban J connectivity index is 1.46. The van der Waals surface area contributed by atoms with E-state index in [1.807, 2.05) is 30.3 Å². The fourth-order valence-corrected chi connectivity index (χ4v) is 5.82. The Morgan fingerprint density at radius 2 is 1.73 bits per heavy atom. The van der Waals surface area contributed by atoms with Crippen LogP contribution in [0.15, 0.2) is 30.3 Å². The first kappa shape index (κ1) is 19.3. The molecule has 2 N–H and O–H groups in total. The average molecular weight is 407 g/mol. The number of benzene rings is 1. The quantitative estimate of drug-likeness (QED) is 0.843. The molecule has 1 saturated carbocycles. The maximum Gasteiger partial charge on any atom is 0.269 e. The van der Waals surface area contributed by atoms with Gasteiger partial charge in [-0.2, -0.15) is 0 Å². The normalized spacial score (nSPS) is 23.8. The fraction of sp³-hybridized carbons (Fsp3) is 0.542. The first-order valence-electron chi connectivity index (χ1n) is 11.4. The van der Waals surface area contributed by atoms with E-state index < -0.39 is 5.91 Å². The molecule has 2 aliphatic heterocycles. The molecule has 1 aromatic carbocycles. The van der Waals surface area contributed by atoms with Crippen LogP contribution in [0.3, 0.4) is 0 Å². The number of aromatic nitrogens is 2. The predicted molar refractivity (Wildman–Crippen MR) is 115 cm³/mol. The van der Waals surface area contributed by atoms with E-state index in [9.17, 15) is 9.59 Å². The van der Waals surface area contributed by atoms with Gasteiger partial charge in [0.05, 0.1) is 11.7 Å². The maximum atomic E-state index is 13.3. The number of carbonyl (C=O) groups excluding carboxylic acids is 2. The molecule has 1 saturated heterocycles. The van der Waals surface area contributed by atoms with Crippen LogP contribution in [0.1, 0.15) is 67.5 Å². The summed E-state index contributed by atoms with van der Waals surface area (Å²) in [6.45, 7) is 0.687. The zero-order valence-corrected chi connectivity index (χ0v) is 17.4. The van der Waals surface area contributed by atoms with Crippen LogP contribution in [-0.2, 0) is 17.8 Å². The molecule has 30 heavy (non-hydrogen) atoms. The van der Waals surface area contributed by atoms with Crippen molar-refractivity contribution in [3.8, 4) is 11.4 Å². The summed E-state index contributed by atoms with van der Waals surface area (Å²) in [5.41, 5.74) is 7.93. The van der Waals surface area contributed by atoms with Crippen LogP contribution in [0, 0.1) is 5.92 Å². The molecule has 2 aromatic rings. The predicted octanol–water partition coefficient (Wildman–Crippen LogP) is 3.54. The van der Waals surface area contributed by atoms with Gasteiger partial charge in [0.2, 0.25) is 5.91 Å². The van der Waals surface area contributed by atoms with Crippen LogP contribution in [0.4, 0.5) is 0 Å². The van der Waals surface area contributed by atoms with Gasteiger partial charge in [0.1, 0.15) is 11.5 Å². The first-order chi connectivity index (χ1) is 14.6. The molecule has 1 aromatic heterocycles. The molecule has 0 radical (unpaired) electrons. The molecule has 2 atom stereocenters. The smallest absolute Gasteiger partial charge is 0.269 e. The molecule has 3 heterocycles. The minimum absolute atomic E-state index is 0.144. The number of rotatable bonds is 4. The lowest BCUT2D eigenvalue weighted by molar-refractivity contribution is -0.135. The summed E-state index contributed by atoms with van der Waals surface area (Å²) >= 11 is 0. The van der Waals surface area contributed by atoms with Gasteiger partial charge >= 0.3 is 0 Å². The summed E-state index contributed by atoms with van der Waals surface area (Å²) in [5.74, 6) is 1.14. The van der Waals surface area contributed by atoms with E-state index in [-0.39, 0.29) is 12.1 Å². The second kappa shape index (κ2) is 7.89. The van der Waals surface area contributed by atoms with Crippen molar-refractivity contribution in [2.75, 3.05) is 0 Å². The maximum absolute atomic E-state index is 13.3. The second-order valence-corrected chi connectivity index (χ2v) is 9.17. The van der Waals surface area contributed by atoms with Gasteiger partial charge in [-0.25, -0.2) is 4.98 Å². The van der Waals surface area contributed by atoms with Gasteiger partial charge < -0.3 is 15.2 Å². The number of amides is 2. The molecule has 3 aliphatic rings. The van der Waals surface area contributed by atoms with Crippen LogP contribution < -0.4 is 5.73 Å². The Morgan fingerprint density at radius 3 is 2.47 bits per heavy atom. The van der Waals surface area contributed by atoms with Crippen LogP contribution in [-0.4, -0.2) is 38.3 Å². The van der Waals surface area contributed by atoms with Gasteiger partial charge in [-0.1, -0.05) is 49.6 Å². The fourth-order valence-electron chi connectivity index (χ4n) is 5.82. The standard InChI is InChI=1S/C24H30N4O2/c25-23(30)22-20-14-18-11-12-19(28(18)21(29)13-16-7-3-1-4-8-16)15-27(20)24(26-22)17-9-5-2-6-10-17/h2,5-6,9-10,16,18-19H,1,3-4,7-8,11-15H2,(H2,25,30)/t18-,19+/m0/s1. The third-order valence-corrected chi connectivity index (χ3v) is 7.26. The van der Waals surface area contributed by atoms with Crippen LogP contribution in [0.25, 0.3) is 11.4 Å². The molecule has 5 rings (SSSR count). The molecule has 1 aliphatic carbocycles. The van der Waals surface area contributed by atoms with Crippen molar-refractivity contribution < 1.29 is 9.59 Å². The van der Waals surface area contributed by atoms with E-state index in [1.165, 1.54) is 32.1 Å². The van der Waals surface area contributed by atoms with Crippen LogP contribution in [0.5, 0.6) is 0 Å².